The smallest absolute Gasteiger partial charge is 0.0802 e. The van der Waals surface area contributed by atoms with E-state index in [1.54, 1.807) is 11.8 Å². The number of aryl methyl sites for hydroxylation is 1. The summed E-state index contributed by atoms with van der Waals surface area (Å²) in [7, 11) is 0. The van der Waals surface area contributed by atoms with Crippen molar-refractivity contribution >= 4 is 11.8 Å². The van der Waals surface area contributed by atoms with Crippen LogP contribution in [0, 0.1) is 0 Å². The van der Waals surface area contributed by atoms with Crippen LogP contribution in [0.3, 0.4) is 0 Å². The molecule has 0 saturated carbocycles. The first-order valence-electron chi connectivity index (χ1n) is 4.79. The maximum Gasteiger partial charge on any atom is 0.0802 e. The van der Waals surface area contributed by atoms with Gasteiger partial charge in [-0.1, -0.05) is 36.9 Å². The lowest BCUT2D eigenvalue weighted by Crippen LogP contribution is -1.80. The Morgan fingerprint density at radius 2 is 1.93 bits per heavy atom. The van der Waals surface area contributed by atoms with Gasteiger partial charge in [-0.15, -0.1) is 0 Å². The number of hydrogen-bond acceptors (Lipinski definition) is 1. The molecule has 0 saturated heterocycles. The molecule has 0 spiro atoms. The Kier molecular flexibility index (Phi) is 2.94. The lowest BCUT2D eigenvalue weighted by atomic mass is 10.3. The van der Waals surface area contributed by atoms with Gasteiger partial charge in [-0.2, -0.15) is 0 Å². The summed E-state index contributed by atoms with van der Waals surface area (Å²) < 4.78 is 0. The molecule has 0 radical (unpaired) electrons. The van der Waals surface area contributed by atoms with Crippen LogP contribution in [0.5, 0.6) is 0 Å². The number of hydrogen-bond donors (Lipinski definition) is 1. The molecule has 0 amide bonds. The number of nitrogens with one attached hydrogen (secondary N) is 1. The van der Waals surface area contributed by atoms with Crippen LogP contribution in [0.4, 0.5) is 0 Å². The summed E-state index contributed by atoms with van der Waals surface area (Å²) in [6.07, 6.45) is 3.09. The molecule has 1 N–H and O–H groups in total. The van der Waals surface area contributed by atoms with Gasteiger partial charge in [0.25, 0.3) is 0 Å². The fourth-order valence-corrected chi connectivity index (χ4v) is 2.37. The van der Waals surface area contributed by atoms with E-state index in [4.69, 9.17) is 0 Å². The van der Waals surface area contributed by atoms with Gasteiger partial charge < -0.3 is 4.98 Å². The summed E-state index contributed by atoms with van der Waals surface area (Å²) in [6.45, 7) is 2.18. The average Bonchev–Trinajstić information content (AvgIpc) is 2.67. The molecule has 0 aliphatic rings. The van der Waals surface area contributed by atoms with E-state index in [0.717, 1.165) is 6.42 Å². The minimum absolute atomic E-state index is 1.08. The van der Waals surface area contributed by atoms with Crippen molar-refractivity contribution < 1.29 is 0 Å². The highest BCUT2D eigenvalue weighted by Gasteiger charge is 2.02. The van der Waals surface area contributed by atoms with Crippen molar-refractivity contribution in [3.05, 3.63) is 48.2 Å². The van der Waals surface area contributed by atoms with E-state index in [9.17, 15) is 0 Å². The van der Waals surface area contributed by atoms with Crippen molar-refractivity contribution in [1.82, 2.24) is 4.98 Å². The fraction of sp³-hybridized carbons (Fsp3) is 0.167. The van der Waals surface area contributed by atoms with Gasteiger partial charge in [-0.3, -0.25) is 0 Å². The lowest BCUT2D eigenvalue weighted by molar-refractivity contribution is 1.05. The van der Waals surface area contributed by atoms with Crippen LogP contribution in [-0.2, 0) is 6.42 Å². The highest BCUT2D eigenvalue weighted by molar-refractivity contribution is 7.99. The van der Waals surface area contributed by atoms with E-state index in [2.05, 4.69) is 42.2 Å². The largest absolute Gasteiger partial charge is 0.356 e. The Balaban J connectivity index is 2.19. The molecule has 2 aromatic rings. The number of rotatable bonds is 3. The number of aromatic amines is 1. The van der Waals surface area contributed by atoms with E-state index in [0.29, 0.717) is 0 Å². The molecular weight excluding hydrogens is 190 g/mol. The third-order valence-electron chi connectivity index (χ3n) is 2.13. The van der Waals surface area contributed by atoms with Crippen molar-refractivity contribution in [3.63, 3.8) is 0 Å². The van der Waals surface area contributed by atoms with Gasteiger partial charge in [0.05, 0.1) is 5.03 Å². The predicted molar refractivity (Wildman–Crippen MR) is 60.7 cm³/mol. The van der Waals surface area contributed by atoms with Gasteiger partial charge >= 0.3 is 0 Å². The third kappa shape index (κ3) is 2.02. The van der Waals surface area contributed by atoms with Crippen LogP contribution in [0.15, 0.2) is 52.5 Å². The molecular formula is C12H13NS. The zero-order valence-corrected chi connectivity index (χ0v) is 8.97. The normalized spacial score (nSPS) is 10.4. The van der Waals surface area contributed by atoms with Crippen LogP contribution in [0.25, 0.3) is 0 Å². The highest BCUT2D eigenvalue weighted by Crippen LogP contribution is 2.28. The topological polar surface area (TPSA) is 15.8 Å². The van der Waals surface area contributed by atoms with Gasteiger partial charge in [-0.25, -0.2) is 0 Å². The molecule has 72 valence electrons. The summed E-state index contributed by atoms with van der Waals surface area (Å²) in [6, 6.07) is 12.6. The Morgan fingerprint density at radius 3 is 2.64 bits per heavy atom. The van der Waals surface area contributed by atoms with E-state index in [-0.39, 0.29) is 0 Å². The van der Waals surface area contributed by atoms with Gasteiger partial charge in [0.1, 0.15) is 0 Å². The minimum Gasteiger partial charge on any atom is -0.356 e. The average molecular weight is 203 g/mol. The predicted octanol–water partition coefficient (Wildman–Crippen LogP) is 3.73. The van der Waals surface area contributed by atoms with E-state index < -0.39 is 0 Å². The van der Waals surface area contributed by atoms with E-state index in [1.807, 2.05) is 12.3 Å². The van der Waals surface area contributed by atoms with Crippen LogP contribution < -0.4 is 0 Å². The summed E-state index contributed by atoms with van der Waals surface area (Å²) >= 11 is 1.79. The molecule has 14 heavy (non-hydrogen) atoms. The standard InChI is InChI=1S/C12H13NS/c1-2-10-8-9-13-12(10)14-11-6-4-3-5-7-11/h3-9,13H,2H2,1H3. The lowest BCUT2D eigenvalue weighted by Gasteiger charge is -2.01. The first-order valence-corrected chi connectivity index (χ1v) is 5.61. The number of H-pyrrole nitrogens is 1. The molecule has 1 aromatic carbocycles. The zero-order valence-electron chi connectivity index (χ0n) is 8.16. The Morgan fingerprint density at radius 1 is 1.14 bits per heavy atom. The summed E-state index contributed by atoms with van der Waals surface area (Å²) in [5, 5.41) is 1.26. The van der Waals surface area contributed by atoms with Crippen molar-refractivity contribution in [1.29, 1.82) is 0 Å². The molecule has 0 aliphatic heterocycles. The summed E-state index contributed by atoms with van der Waals surface area (Å²) in [4.78, 5) is 4.55. The molecule has 2 rings (SSSR count). The Labute approximate surface area is 88.6 Å². The molecule has 1 heterocycles. The van der Waals surface area contributed by atoms with Gasteiger partial charge in [0.15, 0.2) is 0 Å². The van der Waals surface area contributed by atoms with Crippen LogP contribution in [0.1, 0.15) is 12.5 Å². The van der Waals surface area contributed by atoms with Gasteiger partial charge in [0, 0.05) is 11.1 Å². The molecule has 0 unspecified atom stereocenters. The second kappa shape index (κ2) is 4.38. The number of aromatic nitrogens is 1. The maximum atomic E-state index is 3.27. The molecule has 2 heteroatoms. The van der Waals surface area contributed by atoms with Crippen LogP contribution >= 0.6 is 11.8 Å². The second-order valence-corrected chi connectivity index (χ2v) is 4.18. The molecule has 0 bridgehead atoms. The Hall–Kier alpha value is -1.15. The van der Waals surface area contributed by atoms with Crippen molar-refractivity contribution in [2.45, 2.75) is 23.3 Å². The third-order valence-corrected chi connectivity index (χ3v) is 3.23. The second-order valence-electron chi connectivity index (χ2n) is 3.10. The molecule has 0 fully saturated rings. The number of benzene rings is 1. The van der Waals surface area contributed by atoms with Crippen molar-refractivity contribution in [3.8, 4) is 0 Å². The molecule has 1 nitrogen and oxygen atoms in total. The Bertz CT molecular complexity index is 392. The molecule has 1 aromatic heterocycles. The maximum absolute atomic E-state index is 3.27. The quantitative estimate of drug-likeness (QED) is 0.803. The summed E-state index contributed by atoms with van der Waals surface area (Å²) in [5.74, 6) is 0. The monoisotopic (exact) mass is 203 g/mol. The molecule has 0 atom stereocenters. The van der Waals surface area contributed by atoms with E-state index in [1.165, 1.54) is 15.5 Å². The SMILES string of the molecule is CCc1cc[nH]c1Sc1ccccc1. The van der Waals surface area contributed by atoms with Gasteiger partial charge in [-0.05, 0) is 30.2 Å². The fourth-order valence-electron chi connectivity index (χ4n) is 1.37. The summed E-state index contributed by atoms with van der Waals surface area (Å²) in [5.41, 5.74) is 1.39. The first-order chi connectivity index (χ1) is 6.90. The van der Waals surface area contributed by atoms with Crippen LogP contribution in [0.2, 0.25) is 0 Å². The van der Waals surface area contributed by atoms with Crippen LogP contribution in [-0.4, -0.2) is 4.98 Å². The highest BCUT2D eigenvalue weighted by atomic mass is 32.2. The van der Waals surface area contributed by atoms with E-state index >= 15 is 0 Å². The van der Waals surface area contributed by atoms with Gasteiger partial charge in [0.2, 0.25) is 0 Å². The first kappa shape index (κ1) is 9.41. The molecule has 0 aliphatic carbocycles. The zero-order chi connectivity index (χ0) is 9.80. The van der Waals surface area contributed by atoms with Crippen molar-refractivity contribution in [2.24, 2.45) is 0 Å². The minimum atomic E-state index is 1.08. The van der Waals surface area contributed by atoms with Crippen molar-refractivity contribution in [2.75, 3.05) is 0 Å².